The van der Waals surface area contributed by atoms with Crippen molar-refractivity contribution in [2.45, 2.75) is 32.7 Å². The largest absolute Gasteiger partial charge is 0.465 e. The van der Waals surface area contributed by atoms with Crippen LogP contribution in [0.4, 0.5) is 11.4 Å². The van der Waals surface area contributed by atoms with Gasteiger partial charge in [0.2, 0.25) is 0 Å². The van der Waals surface area contributed by atoms with Gasteiger partial charge in [0.05, 0.1) is 24.0 Å². The van der Waals surface area contributed by atoms with Gasteiger partial charge in [-0.25, -0.2) is 4.79 Å². The maximum absolute atomic E-state index is 11.9. The molecule has 104 valence electrons. The highest BCUT2D eigenvalue weighted by atomic mass is 16.5. The molecule has 0 radical (unpaired) electrons. The molecule has 19 heavy (non-hydrogen) atoms. The van der Waals surface area contributed by atoms with E-state index >= 15 is 0 Å². The van der Waals surface area contributed by atoms with Gasteiger partial charge >= 0.3 is 5.97 Å². The number of hydrogen-bond donors (Lipinski definition) is 1. The molecule has 2 unspecified atom stereocenters. The minimum atomic E-state index is -0.326. The summed E-state index contributed by atoms with van der Waals surface area (Å²) in [5.41, 5.74) is 8.12. The van der Waals surface area contributed by atoms with E-state index in [-0.39, 0.29) is 5.97 Å². The second-order valence-corrected chi connectivity index (χ2v) is 5.41. The average Bonchev–Trinajstić information content (AvgIpc) is 2.38. The molecule has 0 spiro atoms. The minimum Gasteiger partial charge on any atom is -0.465 e. The first-order valence-electron chi connectivity index (χ1n) is 6.78. The summed E-state index contributed by atoms with van der Waals surface area (Å²) in [6.45, 7) is 5.38. The number of anilines is 2. The molecule has 1 aliphatic rings. The zero-order chi connectivity index (χ0) is 14.0. The van der Waals surface area contributed by atoms with Crippen LogP contribution in [0.3, 0.4) is 0 Å². The molecule has 1 aromatic carbocycles. The molecule has 0 aromatic heterocycles. The Morgan fingerprint density at radius 3 is 2.79 bits per heavy atom. The van der Waals surface area contributed by atoms with E-state index in [2.05, 4.69) is 18.7 Å². The van der Waals surface area contributed by atoms with Crippen LogP contribution in [-0.4, -0.2) is 25.7 Å². The number of para-hydroxylation sites is 1. The number of ether oxygens (including phenoxy) is 1. The van der Waals surface area contributed by atoms with E-state index in [1.54, 1.807) is 12.1 Å². The number of methoxy groups -OCH3 is 1. The Balaban J connectivity index is 2.40. The number of hydrogen-bond acceptors (Lipinski definition) is 4. The molecule has 0 aliphatic carbocycles. The summed E-state index contributed by atoms with van der Waals surface area (Å²) in [6, 6.07) is 5.80. The third-order valence-electron chi connectivity index (χ3n) is 3.90. The predicted octanol–water partition coefficient (Wildman–Crippen LogP) is 2.68. The van der Waals surface area contributed by atoms with Crippen LogP contribution in [0, 0.1) is 5.92 Å². The standard InChI is InChI=1S/C15H22N2O2/c1-10-7-8-17(11(2)9-10)14-12(15(18)19-3)5-4-6-13(14)16/h4-6,10-11H,7-9,16H2,1-3H3. The van der Waals surface area contributed by atoms with Gasteiger partial charge in [-0.05, 0) is 37.8 Å². The van der Waals surface area contributed by atoms with Crippen LogP contribution in [-0.2, 0) is 4.74 Å². The lowest BCUT2D eigenvalue weighted by Gasteiger charge is -2.39. The summed E-state index contributed by atoms with van der Waals surface area (Å²) >= 11 is 0. The Morgan fingerprint density at radius 2 is 2.16 bits per heavy atom. The Hall–Kier alpha value is -1.71. The number of nitrogens with two attached hydrogens (primary N) is 1. The zero-order valence-corrected chi connectivity index (χ0v) is 11.8. The Bertz CT molecular complexity index is 473. The number of piperidine rings is 1. The van der Waals surface area contributed by atoms with Crippen LogP contribution in [0.1, 0.15) is 37.0 Å². The van der Waals surface area contributed by atoms with E-state index in [9.17, 15) is 4.79 Å². The number of nitrogen functional groups attached to an aromatic ring is 1. The first kappa shape index (κ1) is 13.7. The number of carbonyl (C=O) groups is 1. The molecule has 0 bridgehead atoms. The highest BCUT2D eigenvalue weighted by molar-refractivity contribution is 5.99. The predicted molar refractivity (Wildman–Crippen MR) is 77.4 cm³/mol. The van der Waals surface area contributed by atoms with Crippen LogP contribution in [0.5, 0.6) is 0 Å². The van der Waals surface area contributed by atoms with Gasteiger partial charge in [0.15, 0.2) is 0 Å². The third-order valence-corrected chi connectivity index (χ3v) is 3.90. The maximum atomic E-state index is 11.9. The SMILES string of the molecule is COC(=O)c1cccc(N)c1N1CCC(C)CC1C. The van der Waals surface area contributed by atoms with E-state index in [0.29, 0.717) is 17.3 Å². The van der Waals surface area contributed by atoms with E-state index in [0.717, 1.165) is 31.0 Å². The topological polar surface area (TPSA) is 55.6 Å². The fourth-order valence-electron chi connectivity index (χ4n) is 2.90. The third kappa shape index (κ3) is 2.67. The molecule has 4 nitrogen and oxygen atoms in total. The second kappa shape index (κ2) is 5.51. The smallest absolute Gasteiger partial charge is 0.340 e. The molecule has 1 aromatic rings. The number of nitrogens with zero attached hydrogens (tertiary/aromatic N) is 1. The summed E-state index contributed by atoms with van der Waals surface area (Å²) in [7, 11) is 1.40. The van der Waals surface area contributed by atoms with Crippen LogP contribution in [0.25, 0.3) is 0 Å². The van der Waals surface area contributed by atoms with Crippen molar-refractivity contribution in [1.29, 1.82) is 0 Å². The maximum Gasteiger partial charge on any atom is 0.340 e. The van der Waals surface area contributed by atoms with E-state index in [1.807, 2.05) is 6.07 Å². The van der Waals surface area contributed by atoms with Gasteiger partial charge in [-0.2, -0.15) is 0 Å². The monoisotopic (exact) mass is 262 g/mol. The molecule has 1 aliphatic heterocycles. The number of benzene rings is 1. The van der Waals surface area contributed by atoms with Gasteiger partial charge < -0.3 is 15.4 Å². The quantitative estimate of drug-likeness (QED) is 0.657. The van der Waals surface area contributed by atoms with Crippen molar-refractivity contribution in [2.24, 2.45) is 5.92 Å². The lowest BCUT2D eigenvalue weighted by atomic mass is 9.92. The van der Waals surface area contributed by atoms with Crippen LogP contribution < -0.4 is 10.6 Å². The number of esters is 1. The Morgan fingerprint density at radius 1 is 1.42 bits per heavy atom. The lowest BCUT2D eigenvalue weighted by molar-refractivity contribution is 0.0601. The zero-order valence-electron chi connectivity index (χ0n) is 11.8. The molecule has 1 saturated heterocycles. The minimum absolute atomic E-state index is 0.326. The van der Waals surface area contributed by atoms with Gasteiger partial charge in [-0.15, -0.1) is 0 Å². The highest BCUT2D eigenvalue weighted by Gasteiger charge is 2.27. The van der Waals surface area contributed by atoms with Crippen molar-refractivity contribution in [1.82, 2.24) is 0 Å². The summed E-state index contributed by atoms with van der Waals surface area (Å²) in [5.74, 6) is 0.394. The van der Waals surface area contributed by atoms with Crippen LogP contribution in [0.15, 0.2) is 18.2 Å². The van der Waals surface area contributed by atoms with Crippen molar-refractivity contribution >= 4 is 17.3 Å². The number of carbonyl (C=O) groups excluding carboxylic acids is 1. The van der Waals surface area contributed by atoms with E-state index in [1.165, 1.54) is 7.11 Å². The van der Waals surface area contributed by atoms with Crippen LogP contribution in [0.2, 0.25) is 0 Å². The fraction of sp³-hybridized carbons (Fsp3) is 0.533. The van der Waals surface area contributed by atoms with Crippen molar-refractivity contribution in [3.8, 4) is 0 Å². The molecular formula is C15H22N2O2. The molecular weight excluding hydrogens is 240 g/mol. The summed E-state index contributed by atoms with van der Waals surface area (Å²) in [5, 5.41) is 0. The normalized spacial score (nSPS) is 23.2. The highest BCUT2D eigenvalue weighted by Crippen LogP contribution is 2.34. The van der Waals surface area contributed by atoms with Crippen molar-refractivity contribution in [3.05, 3.63) is 23.8 Å². The van der Waals surface area contributed by atoms with Gasteiger partial charge in [-0.3, -0.25) is 0 Å². The van der Waals surface area contributed by atoms with E-state index in [4.69, 9.17) is 10.5 Å². The van der Waals surface area contributed by atoms with Gasteiger partial charge in [0, 0.05) is 12.6 Å². The summed E-state index contributed by atoms with van der Waals surface area (Å²) < 4.78 is 4.86. The Labute approximate surface area is 114 Å². The van der Waals surface area contributed by atoms with Gasteiger partial charge in [-0.1, -0.05) is 13.0 Å². The van der Waals surface area contributed by atoms with Gasteiger partial charge in [0.1, 0.15) is 0 Å². The van der Waals surface area contributed by atoms with Crippen molar-refractivity contribution in [3.63, 3.8) is 0 Å². The second-order valence-electron chi connectivity index (χ2n) is 5.41. The molecule has 1 fully saturated rings. The summed E-state index contributed by atoms with van der Waals surface area (Å²) in [6.07, 6.45) is 2.24. The molecule has 1 heterocycles. The molecule has 4 heteroatoms. The van der Waals surface area contributed by atoms with Crippen molar-refractivity contribution < 1.29 is 9.53 Å². The fourth-order valence-corrected chi connectivity index (χ4v) is 2.90. The molecule has 2 atom stereocenters. The lowest BCUT2D eigenvalue weighted by Crippen LogP contribution is -2.41. The molecule has 0 amide bonds. The first-order valence-corrected chi connectivity index (χ1v) is 6.78. The molecule has 2 rings (SSSR count). The van der Waals surface area contributed by atoms with Crippen molar-refractivity contribution in [2.75, 3.05) is 24.3 Å². The first-order chi connectivity index (χ1) is 9.04. The molecule has 0 saturated carbocycles. The van der Waals surface area contributed by atoms with Crippen LogP contribution >= 0.6 is 0 Å². The van der Waals surface area contributed by atoms with Gasteiger partial charge in [0.25, 0.3) is 0 Å². The Kier molecular flexibility index (Phi) is 3.98. The van der Waals surface area contributed by atoms with E-state index < -0.39 is 0 Å². The number of rotatable bonds is 2. The molecule has 2 N–H and O–H groups in total. The average molecular weight is 262 g/mol. The summed E-state index contributed by atoms with van der Waals surface area (Å²) in [4.78, 5) is 14.1.